The Labute approximate surface area is 144 Å². The van der Waals surface area contributed by atoms with E-state index in [1.807, 2.05) is 30.3 Å². The highest BCUT2D eigenvalue weighted by molar-refractivity contribution is 5.87. The number of hydrogen-bond donors (Lipinski definition) is 2. The lowest BCUT2D eigenvalue weighted by atomic mass is 10.1. The Morgan fingerprint density at radius 1 is 1.00 bits per heavy atom. The molecule has 0 radical (unpaired) electrons. The van der Waals surface area contributed by atoms with E-state index >= 15 is 0 Å². The van der Waals surface area contributed by atoms with Gasteiger partial charge in [-0.3, -0.25) is 9.59 Å². The summed E-state index contributed by atoms with van der Waals surface area (Å²) in [6.45, 7) is 0.295. The van der Waals surface area contributed by atoms with Crippen molar-refractivity contribution in [1.82, 2.24) is 10.6 Å². The fourth-order valence-corrected chi connectivity index (χ4v) is 2.75. The maximum Gasteiger partial charge on any atom is 0.239 e. The number of carbonyl (C=O) groups excluding carboxylic acids is 2. The van der Waals surface area contributed by atoms with E-state index in [-0.39, 0.29) is 30.2 Å². The molecule has 0 aromatic heterocycles. The second-order valence-corrected chi connectivity index (χ2v) is 6.10. The predicted molar refractivity (Wildman–Crippen MR) is 88.5 cm³/mol. The van der Waals surface area contributed by atoms with Crippen LogP contribution in [0.3, 0.4) is 0 Å². The maximum absolute atomic E-state index is 13.2. The average molecular weight is 344 g/mol. The summed E-state index contributed by atoms with van der Waals surface area (Å²) < 4.78 is 26.2. The molecule has 1 fully saturated rings. The number of carbonyl (C=O) groups is 2. The second-order valence-electron chi connectivity index (χ2n) is 6.10. The average Bonchev–Trinajstić information content (AvgIpc) is 3.42. The molecule has 2 aromatic carbocycles. The first-order valence-electron chi connectivity index (χ1n) is 8.08. The highest BCUT2D eigenvalue weighted by Crippen LogP contribution is 2.47. The van der Waals surface area contributed by atoms with E-state index < -0.39 is 11.6 Å². The fraction of sp³-hybridized carbons (Fsp3) is 0.263. The van der Waals surface area contributed by atoms with Crippen LogP contribution >= 0.6 is 0 Å². The SMILES string of the molecule is O=C(CNC(=O)[C@@H]1C[C@H]1c1ccc(F)c(F)c1)NCc1ccccc1. The van der Waals surface area contributed by atoms with Gasteiger partial charge >= 0.3 is 0 Å². The molecule has 0 saturated heterocycles. The summed E-state index contributed by atoms with van der Waals surface area (Å²) in [5, 5.41) is 5.31. The third kappa shape index (κ3) is 4.41. The minimum atomic E-state index is -0.913. The van der Waals surface area contributed by atoms with Gasteiger partial charge in [0.15, 0.2) is 11.6 Å². The molecule has 0 heterocycles. The molecule has 0 unspecified atom stereocenters. The van der Waals surface area contributed by atoms with Gasteiger partial charge in [0.2, 0.25) is 11.8 Å². The lowest BCUT2D eigenvalue weighted by Crippen LogP contribution is -2.37. The van der Waals surface area contributed by atoms with Crippen molar-refractivity contribution >= 4 is 11.8 Å². The summed E-state index contributed by atoms with van der Waals surface area (Å²) in [5.74, 6) is -2.76. The van der Waals surface area contributed by atoms with E-state index in [1.54, 1.807) is 0 Å². The summed E-state index contributed by atoms with van der Waals surface area (Å²) in [7, 11) is 0. The third-order valence-electron chi connectivity index (χ3n) is 4.25. The first-order valence-corrected chi connectivity index (χ1v) is 8.08. The van der Waals surface area contributed by atoms with Gasteiger partial charge in [0.1, 0.15) is 0 Å². The maximum atomic E-state index is 13.2. The van der Waals surface area contributed by atoms with Crippen LogP contribution in [0.25, 0.3) is 0 Å². The molecule has 2 aromatic rings. The first-order chi connectivity index (χ1) is 12.0. The molecule has 6 heteroatoms. The minimum Gasteiger partial charge on any atom is -0.350 e. The van der Waals surface area contributed by atoms with Crippen LogP contribution in [-0.4, -0.2) is 18.4 Å². The molecule has 0 bridgehead atoms. The second kappa shape index (κ2) is 7.42. The van der Waals surface area contributed by atoms with Gasteiger partial charge in [-0.1, -0.05) is 36.4 Å². The molecule has 1 saturated carbocycles. The van der Waals surface area contributed by atoms with Crippen molar-refractivity contribution in [3.05, 3.63) is 71.3 Å². The molecule has 3 rings (SSSR count). The van der Waals surface area contributed by atoms with Crippen LogP contribution < -0.4 is 10.6 Å². The van der Waals surface area contributed by atoms with E-state index in [1.165, 1.54) is 6.07 Å². The van der Waals surface area contributed by atoms with Gasteiger partial charge in [-0.25, -0.2) is 8.78 Å². The van der Waals surface area contributed by atoms with E-state index in [4.69, 9.17) is 0 Å². The Morgan fingerprint density at radius 3 is 2.48 bits per heavy atom. The summed E-state index contributed by atoms with van der Waals surface area (Å²) in [5.41, 5.74) is 1.58. The molecule has 4 nitrogen and oxygen atoms in total. The Bertz CT molecular complexity index is 780. The zero-order valence-electron chi connectivity index (χ0n) is 13.5. The first kappa shape index (κ1) is 17.1. The van der Waals surface area contributed by atoms with Crippen molar-refractivity contribution in [1.29, 1.82) is 0 Å². The van der Waals surface area contributed by atoms with Crippen molar-refractivity contribution in [2.24, 2.45) is 5.92 Å². The van der Waals surface area contributed by atoms with Crippen LogP contribution in [0.2, 0.25) is 0 Å². The van der Waals surface area contributed by atoms with Gasteiger partial charge < -0.3 is 10.6 Å². The molecule has 0 spiro atoms. The van der Waals surface area contributed by atoms with Gasteiger partial charge in [-0.15, -0.1) is 0 Å². The highest BCUT2D eigenvalue weighted by atomic mass is 19.2. The quantitative estimate of drug-likeness (QED) is 0.846. The number of rotatable bonds is 6. The summed E-state index contributed by atoms with van der Waals surface area (Å²) >= 11 is 0. The summed E-state index contributed by atoms with van der Waals surface area (Å²) in [6.07, 6.45) is 0.572. The van der Waals surface area contributed by atoms with Crippen LogP contribution in [-0.2, 0) is 16.1 Å². The van der Waals surface area contributed by atoms with Crippen molar-refractivity contribution < 1.29 is 18.4 Å². The molecular weight excluding hydrogens is 326 g/mol. The Balaban J connectivity index is 1.42. The monoisotopic (exact) mass is 344 g/mol. The van der Waals surface area contributed by atoms with Gasteiger partial charge in [0.25, 0.3) is 0 Å². The zero-order chi connectivity index (χ0) is 17.8. The number of benzene rings is 2. The molecular formula is C19H18F2N2O2. The molecule has 2 amide bonds. The fourth-order valence-electron chi connectivity index (χ4n) is 2.75. The summed E-state index contributed by atoms with van der Waals surface area (Å²) in [6, 6.07) is 13.1. The van der Waals surface area contributed by atoms with E-state index in [9.17, 15) is 18.4 Å². The van der Waals surface area contributed by atoms with Crippen molar-refractivity contribution in [3.8, 4) is 0 Å². The smallest absolute Gasteiger partial charge is 0.239 e. The van der Waals surface area contributed by atoms with Crippen LogP contribution in [0.15, 0.2) is 48.5 Å². The molecule has 1 aliphatic carbocycles. The van der Waals surface area contributed by atoms with E-state index in [0.717, 1.165) is 17.7 Å². The zero-order valence-corrected chi connectivity index (χ0v) is 13.5. The predicted octanol–water partition coefficient (Wildman–Crippen LogP) is 2.50. The summed E-state index contributed by atoms with van der Waals surface area (Å²) in [4.78, 5) is 23.8. The molecule has 0 aliphatic heterocycles. The molecule has 2 atom stereocenters. The van der Waals surface area contributed by atoms with Crippen LogP contribution in [0.5, 0.6) is 0 Å². The molecule has 2 N–H and O–H groups in total. The van der Waals surface area contributed by atoms with Crippen molar-refractivity contribution in [2.75, 3.05) is 6.54 Å². The standard InChI is InChI=1S/C19H18F2N2O2/c20-16-7-6-13(8-17(16)21)14-9-15(14)19(25)23-11-18(24)22-10-12-4-2-1-3-5-12/h1-8,14-15H,9-11H2,(H,22,24)(H,23,25)/t14-,15+/m0/s1. The molecule has 1 aliphatic rings. The van der Waals surface area contributed by atoms with Gasteiger partial charge in [0.05, 0.1) is 6.54 Å². The lowest BCUT2D eigenvalue weighted by molar-refractivity contribution is -0.126. The van der Waals surface area contributed by atoms with Crippen LogP contribution in [0.1, 0.15) is 23.5 Å². The van der Waals surface area contributed by atoms with Crippen molar-refractivity contribution in [3.63, 3.8) is 0 Å². The minimum absolute atomic E-state index is 0.104. The van der Waals surface area contributed by atoms with Crippen molar-refractivity contribution in [2.45, 2.75) is 18.9 Å². The number of halogens is 2. The Morgan fingerprint density at radius 2 is 1.76 bits per heavy atom. The number of amides is 2. The van der Waals surface area contributed by atoms with E-state index in [2.05, 4.69) is 10.6 Å². The third-order valence-corrected chi connectivity index (χ3v) is 4.25. The lowest BCUT2D eigenvalue weighted by Gasteiger charge is -2.07. The van der Waals surface area contributed by atoms with E-state index in [0.29, 0.717) is 18.5 Å². The largest absolute Gasteiger partial charge is 0.350 e. The van der Waals surface area contributed by atoms with Gasteiger partial charge in [-0.05, 0) is 35.6 Å². The Hall–Kier alpha value is -2.76. The molecule has 130 valence electrons. The van der Waals surface area contributed by atoms with Crippen LogP contribution in [0.4, 0.5) is 8.78 Å². The van der Waals surface area contributed by atoms with Crippen LogP contribution in [0, 0.1) is 17.6 Å². The Kier molecular flexibility index (Phi) is 5.07. The molecule has 25 heavy (non-hydrogen) atoms. The highest BCUT2D eigenvalue weighted by Gasteiger charge is 2.44. The normalized spacial score (nSPS) is 18.5. The number of hydrogen-bond acceptors (Lipinski definition) is 2. The van der Waals surface area contributed by atoms with Gasteiger partial charge in [-0.2, -0.15) is 0 Å². The topological polar surface area (TPSA) is 58.2 Å². The number of nitrogens with one attached hydrogen (secondary N) is 2. The van der Waals surface area contributed by atoms with Gasteiger partial charge in [0, 0.05) is 12.5 Å².